The van der Waals surface area contributed by atoms with Crippen LogP contribution in [0.1, 0.15) is 61.3 Å². The van der Waals surface area contributed by atoms with Gasteiger partial charge >= 0.3 is 5.97 Å². The molecule has 0 aromatic heterocycles. The normalized spacial score (nSPS) is 14.7. The zero-order chi connectivity index (χ0) is 13.0. The summed E-state index contributed by atoms with van der Waals surface area (Å²) in [4.78, 5) is 11.9. The Morgan fingerprint density at radius 1 is 1.06 bits per heavy atom. The SMILES string of the molecule is CCCC(OC(C)(C)C)C(=O)OC(C)(C)C. The van der Waals surface area contributed by atoms with Gasteiger partial charge < -0.3 is 9.47 Å². The molecule has 0 amide bonds. The Balaban J connectivity index is 4.47. The maximum Gasteiger partial charge on any atom is 0.335 e. The van der Waals surface area contributed by atoms with E-state index in [0.717, 1.165) is 6.42 Å². The molecule has 1 unspecified atom stereocenters. The van der Waals surface area contributed by atoms with Crippen molar-refractivity contribution in [2.24, 2.45) is 0 Å². The Morgan fingerprint density at radius 2 is 1.56 bits per heavy atom. The summed E-state index contributed by atoms with van der Waals surface area (Å²) < 4.78 is 11.0. The molecule has 3 heteroatoms. The monoisotopic (exact) mass is 230 g/mol. The van der Waals surface area contributed by atoms with Crippen molar-refractivity contribution in [3.63, 3.8) is 0 Å². The minimum Gasteiger partial charge on any atom is -0.458 e. The quantitative estimate of drug-likeness (QED) is 0.695. The highest BCUT2D eigenvalue weighted by molar-refractivity contribution is 5.75. The van der Waals surface area contributed by atoms with Crippen LogP contribution in [0.2, 0.25) is 0 Å². The van der Waals surface area contributed by atoms with Gasteiger partial charge in [-0.3, -0.25) is 0 Å². The molecular weight excluding hydrogens is 204 g/mol. The van der Waals surface area contributed by atoms with E-state index in [4.69, 9.17) is 9.47 Å². The second-order valence-electron chi connectivity index (χ2n) is 6.04. The van der Waals surface area contributed by atoms with Crippen molar-refractivity contribution in [2.45, 2.75) is 78.6 Å². The van der Waals surface area contributed by atoms with Crippen molar-refractivity contribution in [3.05, 3.63) is 0 Å². The summed E-state index contributed by atoms with van der Waals surface area (Å²) in [6.45, 7) is 13.5. The largest absolute Gasteiger partial charge is 0.458 e. The lowest BCUT2D eigenvalue weighted by Crippen LogP contribution is -2.38. The zero-order valence-corrected chi connectivity index (χ0v) is 11.7. The van der Waals surface area contributed by atoms with Gasteiger partial charge in [0.25, 0.3) is 0 Å². The van der Waals surface area contributed by atoms with E-state index in [1.54, 1.807) is 0 Å². The van der Waals surface area contributed by atoms with E-state index in [1.807, 2.05) is 48.5 Å². The highest BCUT2D eigenvalue weighted by Crippen LogP contribution is 2.18. The van der Waals surface area contributed by atoms with E-state index in [1.165, 1.54) is 0 Å². The Kier molecular flexibility index (Phi) is 5.47. The predicted molar refractivity (Wildman–Crippen MR) is 65.4 cm³/mol. The van der Waals surface area contributed by atoms with Crippen molar-refractivity contribution in [1.29, 1.82) is 0 Å². The lowest BCUT2D eigenvalue weighted by atomic mass is 10.1. The number of carbonyl (C=O) groups excluding carboxylic acids is 1. The summed E-state index contributed by atoms with van der Waals surface area (Å²) in [5, 5.41) is 0. The Hall–Kier alpha value is -0.570. The molecule has 0 rings (SSSR count). The smallest absolute Gasteiger partial charge is 0.335 e. The first-order valence-electron chi connectivity index (χ1n) is 5.96. The molecular formula is C13H26O3. The first kappa shape index (κ1) is 15.4. The average Bonchev–Trinajstić information content (AvgIpc) is 1.97. The summed E-state index contributed by atoms with van der Waals surface area (Å²) >= 11 is 0. The van der Waals surface area contributed by atoms with Crippen LogP contribution in [0.4, 0.5) is 0 Å². The van der Waals surface area contributed by atoms with E-state index in [2.05, 4.69) is 0 Å². The van der Waals surface area contributed by atoms with Crippen molar-refractivity contribution in [3.8, 4) is 0 Å². The summed E-state index contributed by atoms with van der Waals surface area (Å²) in [5.74, 6) is -0.260. The molecule has 0 spiro atoms. The molecule has 0 aliphatic carbocycles. The molecule has 0 bridgehead atoms. The molecule has 0 aliphatic heterocycles. The highest BCUT2D eigenvalue weighted by atomic mass is 16.6. The average molecular weight is 230 g/mol. The van der Waals surface area contributed by atoms with Crippen molar-refractivity contribution in [1.82, 2.24) is 0 Å². The van der Waals surface area contributed by atoms with Crippen molar-refractivity contribution < 1.29 is 14.3 Å². The van der Waals surface area contributed by atoms with Gasteiger partial charge in [-0.05, 0) is 48.0 Å². The molecule has 0 saturated carbocycles. The predicted octanol–water partition coefficient (Wildman–Crippen LogP) is 3.31. The maximum atomic E-state index is 11.9. The van der Waals surface area contributed by atoms with Gasteiger partial charge in [0, 0.05) is 0 Å². The van der Waals surface area contributed by atoms with Gasteiger partial charge in [0.1, 0.15) is 5.60 Å². The van der Waals surface area contributed by atoms with Crippen LogP contribution in [-0.2, 0) is 14.3 Å². The highest BCUT2D eigenvalue weighted by Gasteiger charge is 2.28. The van der Waals surface area contributed by atoms with Crippen molar-refractivity contribution in [2.75, 3.05) is 0 Å². The standard InChI is InChI=1S/C13H26O3/c1-8-9-10(15-12(2,3)4)11(14)16-13(5,6)7/h10H,8-9H2,1-7H3. The van der Waals surface area contributed by atoms with Gasteiger partial charge in [0.2, 0.25) is 0 Å². The van der Waals surface area contributed by atoms with Crippen molar-refractivity contribution >= 4 is 5.97 Å². The van der Waals surface area contributed by atoms with Crippen LogP contribution in [0.5, 0.6) is 0 Å². The number of ether oxygens (including phenoxy) is 2. The van der Waals surface area contributed by atoms with Gasteiger partial charge in [-0.1, -0.05) is 13.3 Å². The topological polar surface area (TPSA) is 35.5 Å². The fourth-order valence-corrected chi connectivity index (χ4v) is 1.28. The van der Waals surface area contributed by atoms with Crippen LogP contribution in [0.15, 0.2) is 0 Å². The number of hydrogen-bond acceptors (Lipinski definition) is 3. The Morgan fingerprint density at radius 3 is 1.88 bits per heavy atom. The molecule has 0 aromatic carbocycles. The van der Waals surface area contributed by atoms with Gasteiger partial charge in [-0.15, -0.1) is 0 Å². The van der Waals surface area contributed by atoms with Gasteiger partial charge in [-0.25, -0.2) is 4.79 Å². The third-order valence-electron chi connectivity index (χ3n) is 1.72. The van der Waals surface area contributed by atoms with Crippen LogP contribution in [0.25, 0.3) is 0 Å². The van der Waals surface area contributed by atoms with E-state index in [-0.39, 0.29) is 11.6 Å². The lowest BCUT2D eigenvalue weighted by Gasteiger charge is -2.29. The fraction of sp³-hybridized carbons (Fsp3) is 0.923. The molecule has 0 aliphatic rings. The molecule has 0 saturated heterocycles. The third-order valence-corrected chi connectivity index (χ3v) is 1.72. The molecule has 16 heavy (non-hydrogen) atoms. The minimum absolute atomic E-state index is 0.260. The molecule has 1 atom stereocenters. The lowest BCUT2D eigenvalue weighted by molar-refractivity contribution is -0.177. The van der Waals surface area contributed by atoms with Crippen LogP contribution in [0, 0.1) is 0 Å². The summed E-state index contributed by atoms with van der Waals surface area (Å²) in [6.07, 6.45) is 1.15. The molecule has 96 valence electrons. The first-order valence-corrected chi connectivity index (χ1v) is 5.96. The second-order valence-corrected chi connectivity index (χ2v) is 6.04. The minimum atomic E-state index is -0.454. The van der Waals surface area contributed by atoms with Crippen LogP contribution in [-0.4, -0.2) is 23.3 Å². The summed E-state index contributed by atoms with van der Waals surface area (Å²) in [5.41, 5.74) is -0.777. The Labute approximate surface area is 99.5 Å². The number of hydrogen-bond donors (Lipinski definition) is 0. The number of rotatable bonds is 4. The van der Waals surface area contributed by atoms with E-state index < -0.39 is 11.7 Å². The van der Waals surface area contributed by atoms with Gasteiger partial charge in [-0.2, -0.15) is 0 Å². The van der Waals surface area contributed by atoms with Gasteiger partial charge in [0.15, 0.2) is 6.10 Å². The molecule has 0 aromatic rings. The number of esters is 1. The maximum absolute atomic E-state index is 11.9. The van der Waals surface area contributed by atoms with Crippen LogP contribution < -0.4 is 0 Å². The molecule has 0 radical (unpaired) electrons. The van der Waals surface area contributed by atoms with E-state index >= 15 is 0 Å². The fourth-order valence-electron chi connectivity index (χ4n) is 1.28. The zero-order valence-electron chi connectivity index (χ0n) is 11.7. The van der Waals surface area contributed by atoms with E-state index in [9.17, 15) is 4.79 Å². The van der Waals surface area contributed by atoms with Crippen LogP contribution in [0.3, 0.4) is 0 Å². The summed E-state index contributed by atoms with van der Waals surface area (Å²) in [6, 6.07) is 0. The van der Waals surface area contributed by atoms with Gasteiger partial charge in [0.05, 0.1) is 5.60 Å². The molecule has 0 heterocycles. The molecule has 0 fully saturated rings. The third kappa shape index (κ3) is 7.69. The first-order chi connectivity index (χ1) is 7.05. The Bertz CT molecular complexity index is 220. The summed E-state index contributed by atoms with van der Waals surface area (Å²) in [7, 11) is 0. The second kappa shape index (κ2) is 5.67. The number of carbonyl (C=O) groups is 1. The van der Waals surface area contributed by atoms with Crippen LogP contribution >= 0.6 is 0 Å². The molecule has 0 N–H and O–H groups in total. The molecule has 3 nitrogen and oxygen atoms in total. The van der Waals surface area contributed by atoms with E-state index in [0.29, 0.717) is 6.42 Å².